The summed E-state index contributed by atoms with van der Waals surface area (Å²) in [5.74, 6) is 0.150. The van der Waals surface area contributed by atoms with Gasteiger partial charge in [-0.3, -0.25) is 9.59 Å². The molecule has 5 nitrogen and oxygen atoms in total. The Hall–Kier alpha value is -2.34. The van der Waals surface area contributed by atoms with E-state index >= 15 is 0 Å². The maximum absolute atomic E-state index is 12.3. The lowest BCUT2D eigenvalue weighted by Crippen LogP contribution is -2.31. The Labute approximate surface area is 155 Å². The number of anilines is 3. The second-order valence-electron chi connectivity index (χ2n) is 6.20. The predicted octanol–water partition coefficient (Wildman–Crippen LogP) is 4.24. The quantitative estimate of drug-likeness (QED) is 0.677. The number of carbonyl (C=O) groups is 2. The number of carbonyl (C=O) groups excluding carboxylic acids is 2. The Morgan fingerprint density at radius 2 is 1.44 bits per heavy atom. The number of nitrogens with one attached hydrogen (secondary N) is 3. The minimum atomic E-state index is -0.393. The predicted molar refractivity (Wildman–Crippen MR) is 104 cm³/mol. The van der Waals surface area contributed by atoms with Crippen LogP contribution in [0.2, 0.25) is 0 Å². The summed E-state index contributed by atoms with van der Waals surface area (Å²) in [5.41, 5.74) is 2.34. The Bertz CT molecular complexity index is 755. The van der Waals surface area contributed by atoms with Crippen LogP contribution < -0.4 is 16.0 Å². The molecule has 2 amide bonds. The van der Waals surface area contributed by atoms with E-state index in [0.717, 1.165) is 34.4 Å². The van der Waals surface area contributed by atoms with Gasteiger partial charge in [0.25, 0.3) is 0 Å². The summed E-state index contributed by atoms with van der Waals surface area (Å²) < 4.78 is 0.963. The Kier molecular flexibility index (Phi) is 5.38. The Balaban J connectivity index is 1.52. The molecule has 0 aromatic heterocycles. The topological polar surface area (TPSA) is 70.2 Å². The fourth-order valence-corrected chi connectivity index (χ4v) is 2.60. The fraction of sp³-hybridized carbons (Fsp3) is 0.263. The first-order chi connectivity index (χ1) is 12.0. The normalized spacial score (nSPS) is 14.5. The molecule has 1 saturated carbocycles. The lowest BCUT2D eigenvalue weighted by molar-refractivity contribution is -0.117. The van der Waals surface area contributed by atoms with Gasteiger partial charge in [0.1, 0.15) is 6.04 Å². The average Bonchev–Trinajstić information content (AvgIpc) is 3.43. The highest BCUT2D eigenvalue weighted by atomic mass is 79.9. The van der Waals surface area contributed by atoms with Crippen molar-refractivity contribution in [2.45, 2.75) is 25.8 Å². The summed E-state index contributed by atoms with van der Waals surface area (Å²) in [5, 5.41) is 8.92. The van der Waals surface area contributed by atoms with Crippen molar-refractivity contribution >= 4 is 44.8 Å². The molecule has 1 atom stereocenters. The summed E-state index contributed by atoms with van der Waals surface area (Å²) in [6.45, 7) is 1.80. The van der Waals surface area contributed by atoms with Crippen LogP contribution >= 0.6 is 15.9 Å². The van der Waals surface area contributed by atoms with Crippen LogP contribution in [0.5, 0.6) is 0 Å². The molecule has 2 aromatic carbocycles. The van der Waals surface area contributed by atoms with Crippen molar-refractivity contribution in [3.8, 4) is 0 Å². The van der Waals surface area contributed by atoms with Crippen LogP contribution in [0.25, 0.3) is 0 Å². The van der Waals surface area contributed by atoms with Gasteiger partial charge >= 0.3 is 0 Å². The van der Waals surface area contributed by atoms with Gasteiger partial charge in [0.15, 0.2) is 0 Å². The van der Waals surface area contributed by atoms with E-state index in [1.807, 2.05) is 48.5 Å². The highest BCUT2D eigenvalue weighted by molar-refractivity contribution is 9.10. The van der Waals surface area contributed by atoms with E-state index in [0.29, 0.717) is 0 Å². The molecule has 3 rings (SSSR count). The van der Waals surface area contributed by atoms with Crippen LogP contribution in [0, 0.1) is 5.92 Å². The number of rotatable bonds is 6. The first-order valence-electron chi connectivity index (χ1n) is 8.25. The smallest absolute Gasteiger partial charge is 0.246 e. The van der Waals surface area contributed by atoms with Crippen LogP contribution in [0.3, 0.4) is 0 Å². The second kappa shape index (κ2) is 7.70. The third-order valence-electron chi connectivity index (χ3n) is 3.99. The van der Waals surface area contributed by atoms with Gasteiger partial charge in [-0.05, 0) is 68.3 Å². The number of hydrogen-bond donors (Lipinski definition) is 3. The maximum atomic E-state index is 12.3. The number of halogens is 1. The van der Waals surface area contributed by atoms with Gasteiger partial charge in [-0.2, -0.15) is 0 Å². The molecule has 0 heterocycles. The molecule has 1 aliphatic carbocycles. The van der Waals surface area contributed by atoms with Gasteiger partial charge in [0.2, 0.25) is 11.8 Å². The molecule has 0 radical (unpaired) electrons. The lowest BCUT2D eigenvalue weighted by atomic mass is 10.2. The van der Waals surface area contributed by atoms with E-state index in [1.165, 1.54) is 0 Å². The van der Waals surface area contributed by atoms with Gasteiger partial charge in [-0.1, -0.05) is 15.9 Å². The summed E-state index contributed by atoms with van der Waals surface area (Å²) in [4.78, 5) is 24.0. The molecule has 2 aromatic rings. The van der Waals surface area contributed by atoms with Gasteiger partial charge in [0.05, 0.1) is 0 Å². The summed E-state index contributed by atoms with van der Waals surface area (Å²) in [6.07, 6.45) is 1.97. The van der Waals surface area contributed by atoms with Crippen molar-refractivity contribution in [1.29, 1.82) is 0 Å². The average molecular weight is 402 g/mol. The van der Waals surface area contributed by atoms with Crippen LogP contribution in [-0.2, 0) is 9.59 Å². The zero-order chi connectivity index (χ0) is 17.8. The van der Waals surface area contributed by atoms with Gasteiger partial charge in [-0.25, -0.2) is 0 Å². The van der Waals surface area contributed by atoms with Gasteiger partial charge in [-0.15, -0.1) is 0 Å². The van der Waals surface area contributed by atoms with E-state index in [2.05, 4.69) is 31.9 Å². The largest absolute Gasteiger partial charge is 0.374 e. The van der Waals surface area contributed by atoms with E-state index in [9.17, 15) is 9.59 Å². The van der Waals surface area contributed by atoms with Gasteiger partial charge in [0, 0.05) is 27.5 Å². The molecule has 0 unspecified atom stereocenters. The highest BCUT2D eigenvalue weighted by Crippen LogP contribution is 2.30. The third kappa shape index (κ3) is 5.06. The zero-order valence-corrected chi connectivity index (χ0v) is 15.5. The second-order valence-corrected chi connectivity index (χ2v) is 7.12. The Morgan fingerprint density at radius 1 is 0.920 bits per heavy atom. The summed E-state index contributed by atoms with van der Waals surface area (Å²) in [6, 6.07) is 14.4. The molecular weight excluding hydrogens is 382 g/mol. The molecular formula is C19H20BrN3O2. The minimum Gasteiger partial charge on any atom is -0.374 e. The van der Waals surface area contributed by atoms with E-state index in [4.69, 9.17) is 0 Å². The summed E-state index contributed by atoms with van der Waals surface area (Å²) >= 11 is 3.37. The minimum absolute atomic E-state index is 0.0861. The van der Waals surface area contributed by atoms with Crippen molar-refractivity contribution in [3.05, 3.63) is 53.0 Å². The highest BCUT2D eigenvalue weighted by Gasteiger charge is 2.29. The maximum Gasteiger partial charge on any atom is 0.246 e. The number of hydrogen-bond acceptors (Lipinski definition) is 3. The van der Waals surface area contributed by atoms with E-state index in [-0.39, 0.29) is 17.7 Å². The molecule has 25 heavy (non-hydrogen) atoms. The van der Waals surface area contributed by atoms with Crippen LogP contribution in [-0.4, -0.2) is 17.9 Å². The molecule has 130 valence electrons. The number of benzene rings is 2. The monoisotopic (exact) mass is 401 g/mol. The van der Waals surface area contributed by atoms with Crippen molar-refractivity contribution in [3.63, 3.8) is 0 Å². The van der Waals surface area contributed by atoms with Crippen molar-refractivity contribution in [1.82, 2.24) is 0 Å². The molecule has 0 aliphatic heterocycles. The SMILES string of the molecule is C[C@H](Nc1ccc(NC(=O)C2CC2)cc1)C(=O)Nc1ccc(Br)cc1. The van der Waals surface area contributed by atoms with Crippen LogP contribution in [0.4, 0.5) is 17.1 Å². The molecule has 0 saturated heterocycles. The van der Waals surface area contributed by atoms with Crippen molar-refractivity contribution in [2.24, 2.45) is 5.92 Å². The lowest BCUT2D eigenvalue weighted by Gasteiger charge is -2.16. The zero-order valence-electron chi connectivity index (χ0n) is 13.9. The first kappa shape index (κ1) is 17.5. The van der Waals surface area contributed by atoms with E-state index in [1.54, 1.807) is 6.92 Å². The first-order valence-corrected chi connectivity index (χ1v) is 9.04. The molecule has 1 aliphatic rings. The summed E-state index contributed by atoms with van der Waals surface area (Å²) in [7, 11) is 0. The molecule has 3 N–H and O–H groups in total. The Morgan fingerprint density at radius 3 is 2.04 bits per heavy atom. The third-order valence-corrected chi connectivity index (χ3v) is 4.52. The van der Waals surface area contributed by atoms with Crippen molar-refractivity contribution in [2.75, 3.05) is 16.0 Å². The van der Waals surface area contributed by atoms with Crippen LogP contribution in [0.1, 0.15) is 19.8 Å². The molecule has 1 fully saturated rings. The standard InChI is InChI=1S/C19H20BrN3O2/c1-12(18(24)22-16-6-4-14(20)5-7-16)21-15-8-10-17(11-9-15)23-19(25)13-2-3-13/h4-13,21H,2-3H2,1H3,(H,22,24)(H,23,25)/t12-/m0/s1. The molecule has 0 bridgehead atoms. The van der Waals surface area contributed by atoms with E-state index < -0.39 is 6.04 Å². The molecule has 0 spiro atoms. The van der Waals surface area contributed by atoms with Crippen molar-refractivity contribution < 1.29 is 9.59 Å². The van der Waals surface area contributed by atoms with Crippen LogP contribution in [0.15, 0.2) is 53.0 Å². The van der Waals surface area contributed by atoms with Gasteiger partial charge < -0.3 is 16.0 Å². The fourth-order valence-electron chi connectivity index (χ4n) is 2.34. The molecule has 6 heteroatoms. The number of amides is 2.